The molecular weight excluding hydrogens is 406 g/mol. The number of esters is 1. The molecule has 1 saturated heterocycles. The van der Waals surface area contributed by atoms with Gasteiger partial charge in [0.2, 0.25) is 0 Å². The van der Waals surface area contributed by atoms with Crippen molar-refractivity contribution in [1.82, 2.24) is 9.97 Å². The minimum atomic E-state index is -0.945. The normalized spacial score (nSPS) is 15.0. The molecule has 1 unspecified atom stereocenters. The fourth-order valence-electron chi connectivity index (χ4n) is 3.56. The summed E-state index contributed by atoms with van der Waals surface area (Å²) < 4.78 is 37.2. The maximum absolute atomic E-state index is 13.6. The number of carbonyl (C=O) groups excluding carboxylic acids is 1. The first-order chi connectivity index (χ1) is 15.0. The minimum Gasteiger partial charge on any atom is -0.465 e. The first kappa shape index (κ1) is 20.9. The monoisotopic (exact) mass is 428 g/mol. The Morgan fingerprint density at radius 3 is 2.68 bits per heavy atom. The molecule has 162 valence electrons. The van der Waals surface area contributed by atoms with E-state index in [1.165, 1.54) is 13.2 Å². The number of morpholine rings is 1. The zero-order chi connectivity index (χ0) is 22.0. The van der Waals surface area contributed by atoms with Crippen LogP contribution in [0.1, 0.15) is 28.9 Å². The van der Waals surface area contributed by atoms with Crippen molar-refractivity contribution in [1.29, 1.82) is 0 Å². The Morgan fingerprint density at radius 1 is 1.19 bits per heavy atom. The van der Waals surface area contributed by atoms with Gasteiger partial charge < -0.3 is 19.7 Å². The summed E-state index contributed by atoms with van der Waals surface area (Å²) in [4.78, 5) is 23.6. The second-order valence-electron chi connectivity index (χ2n) is 7.25. The quantitative estimate of drug-likeness (QED) is 0.621. The molecule has 9 heteroatoms. The number of rotatable bonds is 5. The summed E-state index contributed by atoms with van der Waals surface area (Å²) in [6.45, 7) is 4.49. The van der Waals surface area contributed by atoms with Crippen molar-refractivity contribution in [3.63, 3.8) is 0 Å². The van der Waals surface area contributed by atoms with Crippen LogP contribution in [0.3, 0.4) is 0 Å². The predicted molar refractivity (Wildman–Crippen MR) is 112 cm³/mol. The van der Waals surface area contributed by atoms with E-state index in [0.717, 1.165) is 12.1 Å². The molecule has 1 atom stereocenters. The number of halogens is 2. The van der Waals surface area contributed by atoms with E-state index in [-0.39, 0.29) is 6.04 Å². The van der Waals surface area contributed by atoms with Crippen molar-refractivity contribution in [2.75, 3.05) is 43.6 Å². The van der Waals surface area contributed by atoms with Crippen LogP contribution in [0.15, 0.2) is 36.5 Å². The van der Waals surface area contributed by atoms with Gasteiger partial charge in [0, 0.05) is 30.4 Å². The average Bonchev–Trinajstić information content (AvgIpc) is 2.80. The lowest BCUT2D eigenvalue weighted by Gasteiger charge is -2.28. The molecule has 0 spiro atoms. The van der Waals surface area contributed by atoms with Crippen LogP contribution in [-0.4, -0.2) is 49.4 Å². The third-order valence-corrected chi connectivity index (χ3v) is 5.19. The van der Waals surface area contributed by atoms with Crippen molar-refractivity contribution >= 4 is 28.5 Å². The van der Waals surface area contributed by atoms with E-state index in [9.17, 15) is 13.6 Å². The highest BCUT2D eigenvalue weighted by atomic mass is 19.2. The van der Waals surface area contributed by atoms with Gasteiger partial charge in [-0.05, 0) is 31.2 Å². The fourth-order valence-corrected chi connectivity index (χ4v) is 3.56. The van der Waals surface area contributed by atoms with Crippen LogP contribution < -0.4 is 10.2 Å². The van der Waals surface area contributed by atoms with Gasteiger partial charge in [0.15, 0.2) is 11.6 Å². The fraction of sp³-hybridized carbons (Fsp3) is 0.318. The molecule has 1 aliphatic rings. The van der Waals surface area contributed by atoms with Gasteiger partial charge >= 0.3 is 5.97 Å². The lowest BCUT2D eigenvalue weighted by atomic mass is 10.0. The number of nitrogens with zero attached hydrogens (tertiary/aromatic N) is 3. The van der Waals surface area contributed by atoms with Gasteiger partial charge in [-0.3, -0.25) is 4.98 Å². The number of methoxy groups -OCH3 is 1. The van der Waals surface area contributed by atoms with E-state index in [4.69, 9.17) is 14.5 Å². The highest BCUT2D eigenvalue weighted by molar-refractivity contribution is 5.95. The Labute approximate surface area is 178 Å². The lowest BCUT2D eigenvalue weighted by molar-refractivity contribution is 0.0600. The molecule has 0 radical (unpaired) electrons. The molecule has 7 nitrogen and oxygen atoms in total. The second-order valence-corrected chi connectivity index (χ2v) is 7.25. The van der Waals surface area contributed by atoms with E-state index in [1.54, 1.807) is 18.3 Å². The molecule has 2 heterocycles. The van der Waals surface area contributed by atoms with Crippen LogP contribution >= 0.6 is 0 Å². The SMILES string of the molecule is COC(=O)c1cc(C(C)Nc2ccc(F)c(F)c2)c2nc(N3CCOCC3)cnc2c1. The zero-order valence-electron chi connectivity index (χ0n) is 17.2. The third kappa shape index (κ3) is 4.41. The summed E-state index contributed by atoms with van der Waals surface area (Å²) in [5, 5.41) is 3.14. The topological polar surface area (TPSA) is 76.6 Å². The molecule has 4 rings (SSSR count). The molecule has 0 saturated carbocycles. The molecule has 1 aromatic heterocycles. The third-order valence-electron chi connectivity index (χ3n) is 5.19. The number of fused-ring (bicyclic) bond motifs is 1. The molecular formula is C22H22F2N4O3. The molecule has 2 aromatic carbocycles. The van der Waals surface area contributed by atoms with Crippen LogP contribution in [0.25, 0.3) is 11.0 Å². The molecule has 0 aliphatic carbocycles. The van der Waals surface area contributed by atoms with Gasteiger partial charge in [0.1, 0.15) is 5.82 Å². The van der Waals surface area contributed by atoms with Gasteiger partial charge in [-0.2, -0.15) is 0 Å². The van der Waals surface area contributed by atoms with Crippen LogP contribution in [0.2, 0.25) is 0 Å². The number of hydrogen-bond acceptors (Lipinski definition) is 7. The highest BCUT2D eigenvalue weighted by Crippen LogP contribution is 2.29. The number of ether oxygens (including phenoxy) is 2. The van der Waals surface area contributed by atoms with Gasteiger partial charge in [-0.1, -0.05) is 0 Å². The highest BCUT2D eigenvalue weighted by Gasteiger charge is 2.20. The van der Waals surface area contributed by atoms with Crippen molar-refractivity contribution in [3.05, 3.63) is 59.3 Å². The second kappa shape index (κ2) is 8.81. The summed E-state index contributed by atoms with van der Waals surface area (Å²) in [5.41, 5.74) is 2.57. The Balaban J connectivity index is 1.76. The molecule has 0 amide bonds. The van der Waals surface area contributed by atoms with Crippen LogP contribution in [0.4, 0.5) is 20.3 Å². The predicted octanol–water partition coefficient (Wildman–Crippen LogP) is 3.70. The van der Waals surface area contributed by atoms with E-state index in [1.807, 2.05) is 6.92 Å². The number of benzene rings is 2. The summed E-state index contributed by atoms with van der Waals surface area (Å²) in [6, 6.07) is 6.53. The van der Waals surface area contributed by atoms with Gasteiger partial charge in [-0.25, -0.2) is 18.6 Å². The van der Waals surface area contributed by atoms with Gasteiger partial charge in [0.05, 0.1) is 49.2 Å². The molecule has 3 aromatic rings. The number of nitrogens with one attached hydrogen (secondary N) is 1. The summed E-state index contributed by atoms with van der Waals surface area (Å²) in [7, 11) is 1.31. The Bertz CT molecular complexity index is 1120. The molecule has 1 aliphatic heterocycles. The maximum Gasteiger partial charge on any atom is 0.337 e. The maximum atomic E-state index is 13.6. The summed E-state index contributed by atoms with van der Waals surface area (Å²) in [5.74, 6) is -1.65. The first-order valence-corrected chi connectivity index (χ1v) is 9.89. The number of carbonyl (C=O) groups is 1. The van der Waals surface area contributed by atoms with Crippen LogP contribution in [0, 0.1) is 11.6 Å². The largest absolute Gasteiger partial charge is 0.465 e. The molecule has 0 bridgehead atoms. The standard InChI is InChI=1S/C22H22F2N4O3/c1-13(26-15-3-4-17(23)18(24)11-15)16-9-14(22(29)30-2)10-19-21(16)27-20(12-25-19)28-5-7-31-8-6-28/h3-4,9-13,26H,5-8H2,1-2H3. The van der Waals surface area contributed by atoms with Crippen molar-refractivity contribution < 1.29 is 23.0 Å². The molecule has 31 heavy (non-hydrogen) atoms. The first-order valence-electron chi connectivity index (χ1n) is 9.89. The zero-order valence-corrected chi connectivity index (χ0v) is 17.2. The van der Waals surface area contributed by atoms with E-state index >= 15 is 0 Å². The number of anilines is 2. The number of hydrogen-bond donors (Lipinski definition) is 1. The number of aromatic nitrogens is 2. The molecule has 1 N–H and O–H groups in total. The van der Waals surface area contributed by atoms with Crippen molar-refractivity contribution in [3.8, 4) is 0 Å². The van der Waals surface area contributed by atoms with Crippen molar-refractivity contribution in [2.24, 2.45) is 0 Å². The summed E-state index contributed by atoms with van der Waals surface area (Å²) in [6.07, 6.45) is 1.67. The van der Waals surface area contributed by atoms with E-state index in [2.05, 4.69) is 15.2 Å². The molecule has 1 fully saturated rings. The Kier molecular flexibility index (Phi) is 5.94. The summed E-state index contributed by atoms with van der Waals surface area (Å²) >= 11 is 0. The lowest BCUT2D eigenvalue weighted by Crippen LogP contribution is -2.36. The Hall–Kier alpha value is -3.33. The van der Waals surface area contributed by atoms with Crippen LogP contribution in [-0.2, 0) is 9.47 Å². The van der Waals surface area contributed by atoms with Crippen LogP contribution in [0.5, 0.6) is 0 Å². The van der Waals surface area contributed by atoms with Gasteiger partial charge in [-0.15, -0.1) is 0 Å². The minimum absolute atomic E-state index is 0.331. The smallest absolute Gasteiger partial charge is 0.337 e. The van der Waals surface area contributed by atoms with E-state index < -0.39 is 17.6 Å². The van der Waals surface area contributed by atoms with Crippen molar-refractivity contribution in [2.45, 2.75) is 13.0 Å². The van der Waals surface area contributed by atoms with Gasteiger partial charge in [0.25, 0.3) is 0 Å². The van der Waals surface area contributed by atoms with E-state index in [0.29, 0.717) is 60.0 Å². The average molecular weight is 428 g/mol. The Morgan fingerprint density at radius 2 is 1.97 bits per heavy atom.